The van der Waals surface area contributed by atoms with Crippen LogP contribution in [-0.2, 0) is 16.6 Å². The molecule has 2 saturated heterocycles. The van der Waals surface area contributed by atoms with Crippen LogP contribution in [0.25, 0.3) is 11.3 Å². The number of carboxylic acid groups (broad SMARTS) is 1. The summed E-state index contributed by atoms with van der Waals surface area (Å²) in [6.45, 7) is 5.80. The Labute approximate surface area is 276 Å². The highest BCUT2D eigenvalue weighted by atomic mass is 35.5. The molecule has 2 aliphatic heterocycles. The monoisotopic (exact) mass is 676 g/mol. The van der Waals surface area contributed by atoms with Crippen molar-refractivity contribution in [2.45, 2.75) is 19.3 Å². The van der Waals surface area contributed by atoms with Gasteiger partial charge < -0.3 is 34.8 Å². The van der Waals surface area contributed by atoms with Gasteiger partial charge in [-0.05, 0) is 69.2 Å². The number of anilines is 1. The van der Waals surface area contributed by atoms with Gasteiger partial charge in [-0.15, -0.1) is 0 Å². The van der Waals surface area contributed by atoms with E-state index in [9.17, 15) is 23.2 Å². The van der Waals surface area contributed by atoms with Crippen molar-refractivity contribution in [1.29, 1.82) is 0 Å². The Kier molecular flexibility index (Phi) is 14.2. The molecular weight excluding hydrogens is 638 g/mol. The molecule has 2 aliphatic rings. The van der Waals surface area contributed by atoms with Crippen LogP contribution < -0.4 is 15.4 Å². The average Bonchev–Trinajstić information content (AvgIpc) is 3.44. The largest absolute Gasteiger partial charge is 0.494 e. The second kappa shape index (κ2) is 18.1. The van der Waals surface area contributed by atoms with Crippen molar-refractivity contribution in [3.63, 3.8) is 0 Å². The van der Waals surface area contributed by atoms with Crippen molar-refractivity contribution in [1.82, 2.24) is 24.7 Å². The molecule has 0 saturated carbocycles. The number of amides is 2. The number of carbonyl (C=O) groups excluding carboxylic acids is 3. The van der Waals surface area contributed by atoms with E-state index in [1.807, 2.05) is 4.90 Å². The number of carbonyl (C=O) groups is 4. The summed E-state index contributed by atoms with van der Waals surface area (Å²) in [5.41, 5.74) is 0.784. The molecule has 1 aromatic heterocycles. The quantitative estimate of drug-likeness (QED) is 0.317. The van der Waals surface area contributed by atoms with E-state index in [0.29, 0.717) is 23.8 Å². The first-order chi connectivity index (χ1) is 22.5. The molecule has 0 radical (unpaired) electrons. The Morgan fingerprint density at radius 2 is 1.74 bits per heavy atom. The minimum atomic E-state index is -1.13. The van der Waals surface area contributed by atoms with Gasteiger partial charge in [0.1, 0.15) is 0 Å². The summed E-state index contributed by atoms with van der Waals surface area (Å²) in [5, 5.41) is 13.0. The Morgan fingerprint density at radius 1 is 1.09 bits per heavy atom. The number of ether oxygens (including phenoxy) is 1. The number of hydrogen-bond acceptors (Lipinski definition) is 8. The van der Waals surface area contributed by atoms with Crippen LogP contribution in [0.2, 0.25) is 5.02 Å². The number of piperidine rings is 1. The highest BCUT2D eigenvalue weighted by Gasteiger charge is 2.24. The number of aldehydes is 1. The molecule has 12 nitrogen and oxygen atoms in total. The first kappa shape index (κ1) is 37.1. The fourth-order valence-corrected chi connectivity index (χ4v) is 5.39. The first-order valence-corrected chi connectivity index (χ1v) is 15.3. The normalized spacial score (nSPS) is 15.0. The molecule has 3 aromatic rings. The van der Waals surface area contributed by atoms with Crippen LogP contribution in [0.4, 0.5) is 14.5 Å². The summed E-state index contributed by atoms with van der Waals surface area (Å²) in [6.07, 6.45) is 4.97. The third-order valence-corrected chi connectivity index (χ3v) is 8.22. The number of halogens is 3. The molecule has 2 fully saturated rings. The van der Waals surface area contributed by atoms with Crippen molar-refractivity contribution in [3.05, 3.63) is 64.6 Å². The molecule has 2 amide bonds. The Morgan fingerprint density at radius 3 is 2.34 bits per heavy atom. The molecule has 0 atom stereocenters. The van der Waals surface area contributed by atoms with E-state index in [0.717, 1.165) is 45.7 Å². The number of nitrogens with zero attached hydrogens (tertiary/aromatic N) is 4. The van der Waals surface area contributed by atoms with Gasteiger partial charge in [0, 0.05) is 56.5 Å². The van der Waals surface area contributed by atoms with Crippen LogP contribution in [0.15, 0.2) is 36.5 Å². The molecule has 0 aliphatic carbocycles. The summed E-state index contributed by atoms with van der Waals surface area (Å²) in [7, 11) is 4.86. The number of likely N-dealkylation sites (N-methyl/N-ethyl adjacent to an activating group) is 1. The van der Waals surface area contributed by atoms with Gasteiger partial charge >= 0.3 is 0 Å². The minimum Gasteiger partial charge on any atom is -0.494 e. The number of benzene rings is 2. The van der Waals surface area contributed by atoms with Gasteiger partial charge in [-0.1, -0.05) is 11.6 Å². The summed E-state index contributed by atoms with van der Waals surface area (Å²) < 4.78 is 34.4. The van der Waals surface area contributed by atoms with E-state index in [1.54, 1.807) is 0 Å². The van der Waals surface area contributed by atoms with Crippen molar-refractivity contribution in [2.75, 3.05) is 58.7 Å². The lowest BCUT2D eigenvalue weighted by atomic mass is 9.94. The highest BCUT2D eigenvalue weighted by Crippen LogP contribution is 2.30. The maximum absolute atomic E-state index is 14.3. The number of methoxy groups -OCH3 is 1. The lowest BCUT2D eigenvalue weighted by Gasteiger charge is -2.33. The van der Waals surface area contributed by atoms with Crippen LogP contribution >= 0.6 is 11.6 Å². The Bertz CT molecular complexity index is 1540. The zero-order chi connectivity index (χ0) is 34.5. The molecule has 15 heteroatoms. The standard InChI is InChI=1S/C19H14ClF2N3O3.C12H23N3O.CH2O2/c1-25-14(12-5-6-15(28-2)17(22)16(12)21)8-23-18(25)19(27)24-11-4-3-10(9-26)13(20)7-11;1-14-6-8-15(9-7-14)12(16)10-11-2-4-13-5-3-11;2-1-3/h3-9H,1-2H3,(H,24,27);11,13H,2-10H2,1H3;1H,(H,2,3). The van der Waals surface area contributed by atoms with Crippen molar-refractivity contribution in [3.8, 4) is 17.0 Å². The van der Waals surface area contributed by atoms with E-state index in [4.69, 9.17) is 26.2 Å². The van der Waals surface area contributed by atoms with Crippen LogP contribution in [0, 0.1) is 17.6 Å². The summed E-state index contributed by atoms with van der Waals surface area (Å²) in [5.74, 6) is -2.08. The number of rotatable bonds is 7. The van der Waals surface area contributed by atoms with Gasteiger partial charge in [0.15, 0.2) is 23.7 Å². The molecule has 47 heavy (non-hydrogen) atoms. The van der Waals surface area contributed by atoms with E-state index < -0.39 is 17.5 Å². The van der Waals surface area contributed by atoms with Gasteiger partial charge in [0.05, 0.1) is 24.0 Å². The minimum absolute atomic E-state index is 0.0267. The molecule has 3 N–H and O–H groups in total. The van der Waals surface area contributed by atoms with Gasteiger partial charge in [-0.3, -0.25) is 19.2 Å². The topological polar surface area (TPSA) is 146 Å². The lowest BCUT2D eigenvalue weighted by Crippen LogP contribution is -2.47. The molecule has 0 spiro atoms. The number of piperazine rings is 1. The predicted octanol–water partition coefficient (Wildman–Crippen LogP) is 3.94. The van der Waals surface area contributed by atoms with Crippen LogP contribution in [0.1, 0.15) is 40.2 Å². The number of aromatic nitrogens is 2. The second-order valence-electron chi connectivity index (χ2n) is 11.0. The maximum Gasteiger partial charge on any atom is 0.291 e. The molecule has 0 unspecified atom stereocenters. The molecular formula is C32H39ClF2N6O6. The first-order valence-electron chi connectivity index (χ1n) is 14.9. The fraction of sp³-hybridized carbons (Fsp3) is 0.406. The summed E-state index contributed by atoms with van der Waals surface area (Å²) in [4.78, 5) is 52.1. The van der Waals surface area contributed by atoms with Crippen molar-refractivity contribution >= 4 is 41.9 Å². The van der Waals surface area contributed by atoms with E-state index in [2.05, 4.69) is 27.6 Å². The van der Waals surface area contributed by atoms with Gasteiger partial charge in [0.2, 0.25) is 11.7 Å². The zero-order valence-electron chi connectivity index (χ0n) is 26.5. The average molecular weight is 677 g/mol. The zero-order valence-corrected chi connectivity index (χ0v) is 27.2. The lowest BCUT2D eigenvalue weighted by molar-refractivity contribution is -0.134. The molecule has 254 valence electrons. The van der Waals surface area contributed by atoms with E-state index in [-0.39, 0.29) is 39.9 Å². The Balaban J connectivity index is 0.000000266. The summed E-state index contributed by atoms with van der Waals surface area (Å²) in [6, 6.07) is 7.02. The fourth-order valence-electron chi connectivity index (χ4n) is 5.16. The number of hydrogen-bond donors (Lipinski definition) is 3. The molecule has 5 rings (SSSR count). The third kappa shape index (κ3) is 10.0. The van der Waals surface area contributed by atoms with Crippen LogP contribution in [0.3, 0.4) is 0 Å². The van der Waals surface area contributed by atoms with Crippen LogP contribution in [-0.4, -0.2) is 102 Å². The smallest absolute Gasteiger partial charge is 0.291 e. The van der Waals surface area contributed by atoms with E-state index in [1.165, 1.54) is 68.1 Å². The molecule has 2 aromatic carbocycles. The highest BCUT2D eigenvalue weighted by molar-refractivity contribution is 6.33. The van der Waals surface area contributed by atoms with Crippen LogP contribution in [0.5, 0.6) is 5.75 Å². The summed E-state index contributed by atoms with van der Waals surface area (Å²) >= 11 is 5.94. The van der Waals surface area contributed by atoms with Crippen molar-refractivity contribution < 1.29 is 37.8 Å². The maximum atomic E-state index is 14.3. The third-order valence-electron chi connectivity index (χ3n) is 7.90. The van der Waals surface area contributed by atoms with Crippen molar-refractivity contribution in [2.24, 2.45) is 13.0 Å². The molecule has 3 heterocycles. The number of nitrogens with one attached hydrogen (secondary N) is 2. The Hall–Kier alpha value is -4.40. The second-order valence-corrected chi connectivity index (χ2v) is 11.4. The van der Waals surface area contributed by atoms with Gasteiger partial charge in [-0.2, -0.15) is 4.39 Å². The number of imidazole rings is 1. The predicted molar refractivity (Wildman–Crippen MR) is 173 cm³/mol. The van der Waals surface area contributed by atoms with Gasteiger partial charge in [-0.25, -0.2) is 9.37 Å². The van der Waals surface area contributed by atoms with E-state index >= 15 is 0 Å². The van der Waals surface area contributed by atoms with Gasteiger partial charge in [0.25, 0.3) is 12.4 Å². The molecule has 0 bridgehead atoms. The SMILES string of the molecule is CN1CCN(C(=O)CC2CCNCC2)CC1.COc1ccc(-c2cnc(C(=O)Nc3ccc(C=O)c(Cl)c3)n2C)c(F)c1F.O=CO.